The molecular weight excluding hydrogens is 298 g/mol. The Morgan fingerprint density at radius 3 is 2.95 bits per heavy atom. The molecule has 0 amide bonds. The van der Waals surface area contributed by atoms with Crippen LogP contribution >= 0.6 is 11.3 Å². The van der Waals surface area contributed by atoms with Gasteiger partial charge < -0.3 is 9.26 Å². The maximum Gasteiger partial charge on any atom is 0.233 e. The van der Waals surface area contributed by atoms with Crippen molar-refractivity contribution in [2.24, 2.45) is 0 Å². The molecule has 1 atom stereocenters. The van der Waals surface area contributed by atoms with Crippen molar-refractivity contribution in [2.45, 2.75) is 26.4 Å². The number of rotatable bonds is 5. The van der Waals surface area contributed by atoms with E-state index in [0.29, 0.717) is 18.1 Å². The minimum Gasteiger partial charge on any atom is -0.375 e. The summed E-state index contributed by atoms with van der Waals surface area (Å²) in [5.74, 6) is 1.18. The van der Waals surface area contributed by atoms with Crippen molar-refractivity contribution < 1.29 is 9.26 Å². The second-order valence-electron chi connectivity index (χ2n) is 5.11. The van der Waals surface area contributed by atoms with Gasteiger partial charge in [-0.2, -0.15) is 4.98 Å². The Hall–Kier alpha value is -2.05. The van der Waals surface area contributed by atoms with Gasteiger partial charge in [-0.25, -0.2) is 4.98 Å². The standard InChI is InChI=1S/C16H17N3O2S/c1-10-5-4-6-12(7-10)15-18-14(21-19-15)8-13-9-22-16(17-13)11(2)20-3/h4-7,9,11H,8H2,1-3H3. The van der Waals surface area contributed by atoms with E-state index in [0.717, 1.165) is 16.3 Å². The first-order valence-electron chi connectivity index (χ1n) is 7.02. The van der Waals surface area contributed by atoms with E-state index in [1.807, 2.05) is 43.5 Å². The van der Waals surface area contributed by atoms with Gasteiger partial charge in [-0.05, 0) is 19.9 Å². The lowest BCUT2D eigenvalue weighted by Gasteiger charge is -2.03. The molecule has 0 N–H and O–H groups in total. The topological polar surface area (TPSA) is 61.0 Å². The molecule has 22 heavy (non-hydrogen) atoms. The van der Waals surface area contributed by atoms with Crippen molar-refractivity contribution in [3.05, 3.63) is 51.8 Å². The number of hydrogen-bond donors (Lipinski definition) is 0. The van der Waals surface area contributed by atoms with Gasteiger partial charge in [0.1, 0.15) is 11.1 Å². The SMILES string of the molecule is COC(C)c1nc(Cc2nc(-c3cccc(C)c3)no2)cs1. The minimum absolute atomic E-state index is 0.00397. The molecule has 0 aliphatic heterocycles. The molecule has 3 aromatic rings. The first-order valence-corrected chi connectivity index (χ1v) is 7.90. The van der Waals surface area contributed by atoms with Crippen molar-refractivity contribution in [2.75, 3.05) is 7.11 Å². The summed E-state index contributed by atoms with van der Waals surface area (Å²) in [5.41, 5.74) is 3.05. The van der Waals surface area contributed by atoms with Gasteiger partial charge in [-0.15, -0.1) is 11.3 Å². The highest BCUT2D eigenvalue weighted by atomic mass is 32.1. The summed E-state index contributed by atoms with van der Waals surface area (Å²) in [4.78, 5) is 8.98. The largest absolute Gasteiger partial charge is 0.375 e. The Balaban J connectivity index is 1.76. The summed E-state index contributed by atoms with van der Waals surface area (Å²) in [6.45, 7) is 4.02. The van der Waals surface area contributed by atoms with Gasteiger partial charge in [0, 0.05) is 18.1 Å². The lowest BCUT2D eigenvalue weighted by atomic mass is 10.1. The van der Waals surface area contributed by atoms with Crippen LogP contribution in [0.15, 0.2) is 34.2 Å². The number of aryl methyl sites for hydroxylation is 1. The molecule has 0 aliphatic rings. The van der Waals surface area contributed by atoms with Crippen LogP contribution in [-0.4, -0.2) is 22.2 Å². The van der Waals surface area contributed by atoms with Crippen LogP contribution in [0.25, 0.3) is 11.4 Å². The maximum atomic E-state index is 5.33. The molecule has 0 saturated carbocycles. The number of thiazole rings is 1. The zero-order valence-corrected chi connectivity index (χ0v) is 13.6. The second kappa shape index (κ2) is 6.37. The summed E-state index contributed by atoms with van der Waals surface area (Å²) in [7, 11) is 1.68. The molecule has 2 heterocycles. The zero-order chi connectivity index (χ0) is 15.5. The van der Waals surface area contributed by atoms with Gasteiger partial charge in [0.2, 0.25) is 11.7 Å². The summed E-state index contributed by atoms with van der Waals surface area (Å²) in [6.07, 6.45) is 0.537. The van der Waals surface area contributed by atoms with Crippen molar-refractivity contribution in [1.29, 1.82) is 0 Å². The smallest absolute Gasteiger partial charge is 0.233 e. The van der Waals surface area contributed by atoms with Gasteiger partial charge >= 0.3 is 0 Å². The number of aromatic nitrogens is 3. The van der Waals surface area contributed by atoms with Crippen LogP contribution in [-0.2, 0) is 11.2 Å². The molecule has 0 bridgehead atoms. The summed E-state index contributed by atoms with van der Waals surface area (Å²) in [6, 6.07) is 8.04. The van der Waals surface area contributed by atoms with Crippen molar-refractivity contribution in [3.8, 4) is 11.4 Å². The minimum atomic E-state index is 0.00397. The number of benzene rings is 1. The Kier molecular flexibility index (Phi) is 4.31. The monoisotopic (exact) mass is 315 g/mol. The first kappa shape index (κ1) is 14.9. The third-order valence-electron chi connectivity index (χ3n) is 3.35. The summed E-state index contributed by atoms with van der Waals surface area (Å²) < 4.78 is 10.6. The molecule has 0 aliphatic carbocycles. The van der Waals surface area contributed by atoms with E-state index in [2.05, 4.69) is 15.1 Å². The van der Waals surface area contributed by atoms with Crippen LogP contribution < -0.4 is 0 Å². The molecule has 0 fully saturated rings. The zero-order valence-electron chi connectivity index (χ0n) is 12.7. The van der Waals surface area contributed by atoms with Crippen LogP contribution in [0.3, 0.4) is 0 Å². The molecule has 1 unspecified atom stereocenters. The molecule has 6 heteroatoms. The second-order valence-corrected chi connectivity index (χ2v) is 6.00. The van der Waals surface area contributed by atoms with E-state index in [4.69, 9.17) is 9.26 Å². The maximum absolute atomic E-state index is 5.33. The van der Waals surface area contributed by atoms with Gasteiger partial charge in [-0.3, -0.25) is 0 Å². The highest BCUT2D eigenvalue weighted by Gasteiger charge is 2.13. The van der Waals surface area contributed by atoms with Gasteiger partial charge in [-0.1, -0.05) is 28.9 Å². The van der Waals surface area contributed by atoms with Crippen LogP contribution in [0.2, 0.25) is 0 Å². The van der Waals surface area contributed by atoms with Crippen molar-refractivity contribution in [3.63, 3.8) is 0 Å². The van der Waals surface area contributed by atoms with E-state index >= 15 is 0 Å². The summed E-state index contributed by atoms with van der Waals surface area (Å²) >= 11 is 1.58. The molecule has 2 aromatic heterocycles. The normalized spacial score (nSPS) is 12.5. The predicted molar refractivity (Wildman–Crippen MR) is 84.8 cm³/mol. The van der Waals surface area contributed by atoms with E-state index in [1.54, 1.807) is 18.4 Å². The van der Waals surface area contributed by atoms with Gasteiger partial charge in [0.15, 0.2) is 0 Å². The Labute approximate surface area is 133 Å². The lowest BCUT2D eigenvalue weighted by Crippen LogP contribution is -1.96. The van der Waals surface area contributed by atoms with E-state index < -0.39 is 0 Å². The fourth-order valence-corrected chi connectivity index (χ4v) is 2.93. The molecule has 0 spiro atoms. The average molecular weight is 315 g/mol. The quantitative estimate of drug-likeness (QED) is 0.716. The lowest BCUT2D eigenvalue weighted by molar-refractivity contribution is 0.119. The van der Waals surface area contributed by atoms with Crippen LogP contribution in [0, 0.1) is 6.92 Å². The first-order chi connectivity index (χ1) is 10.7. The van der Waals surface area contributed by atoms with Gasteiger partial charge in [0.25, 0.3) is 0 Å². The fraction of sp³-hybridized carbons (Fsp3) is 0.312. The number of methoxy groups -OCH3 is 1. The van der Waals surface area contributed by atoms with E-state index in [9.17, 15) is 0 Å². The van der Waals surface area contributed by atoms with Crippen molar-refractivity contribution >= 4 is 11.3 Å². The predicted octanol–water partition coefficient (Wildman–Crippen LogP) is 3.80. The molecular formula is C16H17N3O2S. The van der Waals surface area contributed by atoms with Crippen LogP contribution in [0.5, 0.6) is 0 Å². The van der Waals surface area contributed by atoms with Crippen molar-refractivity contribution in [1.82, 2.24) is 15.1 Å². The molecule has 5 nitrogen and oxygen atoms in total. The van der Waals surface area contributed by atoms with Crippen LogP contribution in [0.1, 0.15) is 35.2 Å². The van der Waals surface area contributed by atoms with E-state index in [-0.39, 0.29) is 6.10 Å². The highest BCUT2D eigenvalue weighted by Crippen LogP contribution is 2.22. The number of ether oxygens (including phenoxy) is 1. The Morgan fingerprint density at radius 1 is 1.32 bits per heavy atom. The molecule has 0 radical (unpaired) electrons. The number of nitrogens with zero attached hydrogens (tertiary/aromatic N) is 3. The van der Waals surface area contributed by atoms with E-state index in [1.165, 1.54) is 5.56 Å². The Morgan fingerprint density at radius 2 is 2.18 bits per heavy atom. The molecule has 0 saturated heterocycles. The highest BCUT2D eigenvalue weighted by molar-refractivity contribution is 7.09. The number of hydrogen-bond acceptors (Lipinski definition) is 6. The third kappa shape index (κ3) is 3.23. The average Bonchev–Trinajstić information content (AvgIpc) is 3.16. The molecule has 114 valence electrons. The third-order valence-corrected chi connectivity index (χ3v) is 4.40. The van der Waals surface area contributed by atoms with Crippen LogP contribution in [0.4, 0.5) is 0 Å². The molecule has 3 rings (SSSR count). The fourth-order valence-electron chi connectivity index (χ4n) is 2.07. The summed E-state index contributed by atoms with van der Waals surface area (Å²) in [5, 5.41) is 7.00. The Bertz CT molecular complexity index is 766. The molecule has 1 aromatic carbocycles. The van der Waals surface area contributed by atoms with Gasteiger partial charge in [0.05, 0.1) is 12.1 Å².